The minimum Gasteiger partial charge on any atom is -0.495 e. The van der Waals surface area contributed by atoms with Crippen molar-refractivity contribution >= 4 is 11.4 Å². The van der Waals surface area contributed by atoms with E-state index in [0.717, 1.165) is 23.7 Å². The van der Waals surface area contributed by atoms with Crippen LogP contribution in [0.1, 0.15) is 5.56 Å². The average Bonchev–Trinajstić information content (AvgIpc) is 2.61. The van der Waals surface area contributed by atoms with Crippen LogP contribution in [0.3, 0.4) is 0 Å². The summed E-state index contributed by atoms with van der Waals surface area (Å²) in [5, 5.41) is 0. The monoisotopic (exact) mass is 289 g/mol. The van der Waals surface area contributed by atoms with Crippen molar-refractivity contribution in [3.8, 4) is 5.75 Å². The van der Waals surface area contributed by atoms with Gasteiger partial charge in [0, 0.05) is 12.2 Å². The van der Waals surface area contributed by atoms with Crippen molar-refractivity contribution in [2.45, 2.75) is 6.54 Å². The van der Waals surface area contributed by atoms with Gasteiger partial charge in [0.25, 0.3) is 0 Å². The lowest BCUT2D eigenvalue weighted by atomic mass is 10.1. The van der Waals surface area contributed by atoms with Gasteiger partial charge in [0.1, 0.15) is 5.75 Å². The van der Waals surface area contributed by atoms with Gasteiger partial charge >= 0.3 is 0 Å². The molecule has 3 rings (SSSR count). The quantitative estimate of drug-likeness (QED) is 0.653. The third-order valence-corrected chi connectivity index (χ3v) is 3.63. The normalized spacial score (nSPS) is 10.2. The Morgan fingerprint density at radius 1 is 0.727 bits per heavy atom. The fourth-order valence-electron chi connectivity index (χ4n) is 2.54. The zero-order valence-electron chi connectivity index (χ0n) is 12.6. The molecule has 0 aromatic heterocycles. The first kappa shape index (κ1) is 14.2. The van der Waals surface area contributed by atoms with Gasteiger partial charge in [-0.3, -0.25) is 0 Å². The number of anilines is 2. The summed E-state index contributed by atoms with van der Waals surface area (Å²) in [7, 11) is 1.71. The molecule has 0 saturated heterocycles. The van der Waals surface area contributed by atoms with E-state index in [1.54, 1.807) is 7.11 Å². The van der Waals surface area contributed by atoms with E-state index < -0.39 is 0 Å². The maximum atomic E-state index is 5.54. The molecule has 0 amide bonds. The van der Waals surface area contributed by atoms with E-state index in [1.807, 2.05) is 30.3 Å². The molecule has 0 fully saturated rings. The van der Waals surface area contributed by atoms with Crippen LogP contribution in [-0.4, -0.2) is 7.11 Å². The highest BCUT2D eigenvalue weighted by molar-refractivity contribution is 5.69. The van der Waals surface area contributed by atoms with E-state index in [4.69, 9.17) is 4.74 Å². The van der Waals surface area contributed by atoms with E-state index in [9.17, 15) is 0 Å². The van der Waals surface area contributed by atoms with Crippen LogP contribution < -0.4 is 9.64 Å². The highest BCUT2D eigenvalue weighted by atomic mass is 16.5. The Labute approximate surface area is 131 Å². The van der Waals surface area contributed by atoms with E-state index in [1.165, 1.54) is 5.56 Å². The number of hydrogen-bond acceptors (Lipinski definition) is 2. The molecule has 2 heteroatoms. The van der Waals surface area contributed by atoms with Gasteiger partial charge in [0.05, 0.1) is 12.8 Å². The van der Waals surface area contributed by atoms with Gasteiger partial charge in [-0.05, 0) is 29.8 Å². The molecule has 0 aliphatic carbocycles. The maximum absolute atomic E-state index is 5.54. The number of hydrogen-bond donors (Lipinski definition) is 0. The molecule has 0 aliphatic heterocycles. The predicted molar refractivity (Wildman–Crippen MR) is 91.7 cm³/mol. The van der Waals surface area contributed by atoms with Crippen LogP contribution in [0.15, 0.2) is 84.9 Å². The summed E-state index contributed by atoms with van der Waals surface area (Å²) in [6, 6.07) is 29.0. The van der Waals surface area contributed by atoms with Gasteiger partial charge in [-0.25, -0.2) is 0 Å². The standard InChI is InChI=1S/C20H19NO/c1-22-20-15-9-8-14-19(20)21(18-12-6-3-7-13-18)16-17-10-4-2-5-11-17/h2-15H,16H2,1H3. The lowest BCUT2D eigenvalue weighted by Crippen LogP contribution is -2.17. The Morgan fingerprint density at radius 2 is 1.32 bits per heavy atom. The van der Waals surface area contributed by atoms with Crippen LogP contribution >= 0.6 is 0 Å². The second-order valence-corrected chi connectivity index (χ2v) is 5.08. The number of benzene rings is 3. The SMILES string of the molecule is COc1ccccc1N(Cc1ccccc1)c1ccccc1. The second-order valence-electron chi connectivity index (χ2n) is 5.08. The summed E-state index contributed by atoms with van der Waals surface area (Å²) in [6.45, 7) is 0.797. The van der Waals surface area contributed by atoms with Gasteiger partial charge in [-0.1, -0.05) is 60.7 Å². The van der Waals surface area contributed by atoms with Crippen molar-refractivity contribution in [2.75, 3.05) is 12.0 Å². The molecule has 0 saturated carbocycles. The molecule has 0 spiro atoms. The zero-order chi connectivity index (χ0) is 15.2. The first-order valence-corrected chi connectivity index (χ1v) is 7.38. The largest absolute Gasteiger partial charge is 0.495 e. The summed E-state index contributed by atoms with van der Waals surface area (Å²) in [5.74, 6) is 0.877. The van der Waals surface area contributed by atoms with Gasteiger partial charge in [-0.2, -0.15) is 0 Å². The summed E-state index contributed by atoms with van der Waals surface area (Å²) in [6.07, 6.45) is 0. The van der Waals surface area contributed by atoms with Gasteiger partial charge in [0.2, 0.25) is 0 Å². The molecule has 22 heavy (non-hydrogen) atoms. The minimum atomic E-state index is 0.797. The van der Waals surface area contributed by atoms with Crippen molar-refractivity contribution in [3.05, 3.63) is 90.5 Å². The van der Waals surface area contributed by atoms with Crippen molar-refractivity contribution < 1.29 is 4.74 Å². The van der Waals surface area contributed by atoms with Crippen LogP contribution in [-0.2, 0) is 6.54 Å². The van der Waals surface area contributed by atoms with Gasteiger partial charge in [-0.15, -0.1) is 0 Å². The minimum absolute atomic E-state index is 0.797. The van der Waals surface area contributed by atoms with Gasteiger partial charge < -0.3 is 9.64 Å². The summed E-state index contributed by atoms with van der Waals surface area (Å²) < 4.78 is 5.54. The number of rotatable bonds is 5. The van der Waals surface area contributed by atoms with Gasteiger partial charge in [0.15, 0.2) is 0 Å². The van der Waals surface area contributed by atoms with Crippen LogP contribution in [0, 0.1) is 0 Å². The van der Waals surface area contributed by atoms with E-state index in [-0.39, 0.29) is 0 Å². The Bertz CT molecular complexity index is 710. The summed E-state index contributed by atoms with van der Waals surface area (Å²) >= 11 is 0. The van der Waals surface area contributed by atoms with E-state index >= 15 is 0 Å². The molecule has 0 N–H and O–H groups in total. The topological polar surface area (TPSA) is 12.5 Å². The molecule has 0 atom stereocenters. The lowest BCUT2D eigenvalue weighted by Gasteiger charge is -2.26. The number of ether oxygens (including phenoxy) is 1. The fraction of sp³-hybridized carbons (Fsp3) is 0.100. The van der Waals surface area contributed by atoms with E-state index in [0.29, 0.717) is 0 Å². The molecular formula is C20H19NO. The zero-order valence-corrected chi connectivity index (χ0v) is 12.6. The van der Waals surface area contributed by atoms with Crippen LogP contribution in [0.5, 0.6) is 5.75 Å². The number of para-hydroxylation sites is 3. The predicted octanol–water partition coefficient (Wildman–Crippen LogP) is 5.03. The molecule has 2 nitrogen and oxygen atoms in total. The third kappa shape index (κ3) is 3.12. The summed E-state index contributed by atoms with van der Waals surface area (Å²) in [4.78, 5) is 2.27. The molecule has 3 aromatic rings. The second kappa shape index (κ2) is 6.81. The van der Waals surface area contributed by atoms with Crippen molar-refractivity contribution in [1.82, 2.24) is 0 Å². The first-order chi connectivity index (χ1) is 10.9. The molecule has 0 unspecified atom stereocenters. The summed E-state index contributed by atoms with van der Waals surface area (Å²) in [5.41, 5.74) is 3.48. The average molecular weight is 289 g/mol. The Kier molecular flexibility index (Phi) is 4.40. The maximum Gasteiger partial charge on any atom is 0.142 e. The Hall–Kier alpha value is -2.74. The van der Waals surface area contributed by atoms with Crippen LogP contribution in [0.2, 0.25) is 0 Å². The van der Waals surface area contributed by atoms with Crippen molar-refractivity contribution in [2.24, 2.45) is 0 Å². The molecule has 110 valence electrons. The molecule has 3 aromatic carbocycles. The molecule has 0 radical (unpaired) electrons. The smallest absolute Gasteiger partial charge is 0.142 e. The number of methoxy groups -OCH3 is 1. The lowest BCUT2D eigenvalue weighted by molar-refractivity contribution is 0.415. The van der Waals surface area contributed by atoms with E-state index in [2.05, 4.69) is 59.5 Å². The molecule has 0 heterocycles. The van der Waals surface area contributed by atoms with Crippen LogP contribution in [0.4, 0.5) is 11.4 Å². The Morgan fingerprint density at radius 3 is 2.00 bits per heavy atom. The van der Waals surface area contributed by atoms with Crippen molar-refractivity contribution in [1.29, 1.82) is 0 Å². The highest BCUT2D eigenvalue weighted by Crippen LogP contribution is 2.34. The third-order valence-electron chi connectivity index (χ3n) is 3.63. The first-order valence-electron chi connectivity index (χ1n) is 7.38. The highest BCUT2D eigenvalue weighted by Gasteiger charge is 2.14. The molecule has 0 aliphatic rings. The Balaban J connectivity index is 2.03. The molecular weight excluding hydrogens is 270 g/mol. The van der Waals surface area contributed by atoms with Crippen LogP contribution in [0.25, 0.3) is 0 Å². The molecule has 0 bridgehead atoms. The fourth-order valence-corrected chi connectivity index (χ4v) is 2.54. The number of nitrogens with zero attached hydrogens (tertiary/aromatic N) is 1. The van der Waals surface area contributed by atoms with Crippen molar-refractivity contribution in [3.63, 3.8) is 0 Å².